The average molecular weight is 264 g/mol. The maximum absolute atomic E-state index is 11.1. The van der Waals surface area contributed by atoms with Crippen molar-refractivity contribution in [3.05, 3.63) is 35.9 Å². The highest BCUT2D eigenvalue weighted by atomic mass is 16.5. The molecule has 0 spiro atoms. The van der Waals surface area contributed by atoms with Crippen LogP contribution in [0.4, 0.5) is 0 Å². The lowest BCUT2D eigenvalue weighted by Gasteiger charge is -2.13. The summed E-state index contributed by atoms with van der Waals surface area (Å²) in [4.78, 5) is 11.1. The minimum Gasteiger partial charge on any atom is -0.381 e. The number of primary amides is 1. The Morgan fingerprint density at radius 1 is 1.32 bits per heavy atom. The summed E-state index contributed by atoms with van der Waals surface area (Å²) in [6.07, 6.45) is 2.65. The molecule has 0 heterocycles. The fourth-order valence-electron chi connectivity index (χ4n) is 1.92. The lowest BCUT2D eigenvalue weighted by molar-refractivity contribution is -0.120. The summed E-state index contributed by atoms with van der Waals surface area (Å²) in [5.74, 6) is -0.310. The predicted molar refractivity (Wildman–Crippen MR) is 76.9 cm³/mol. The zero-order valence-corrected chi connectivity index (χ0v) is 11.6. The van der Waals surface area contributed by atoms with Crippen molar-refractivity contribution < 1.29 is 9.53 Å². The monoisotopic (exact) mass is 264 g/mol. The number of ether oxygens (including phenoxy) is 1. The van der Waals surface area contributed by atoms with Gasteiger partial charge < -0.3 is 15.8 Å². The zero-order chi connectivity index (χ0) is 13.9. The number of nitrogens with two attached hydrogens (primary N) is 1. The number of amides is 1. The second kappa shape index (κ2) is 9.53. The Hall–Kier alpha value is -1.39. The number of hydrogen-bond donors (Lipinski definition) is 2. The minimum atomic E-state index is -0.310. The Bertz CT molecular complexity index is 354. The van der Waals surface area contributed by atoms with Crippen molar-refractivity contribution in [2.75, 3.05) is 19.8 Å². The smallest absolute Gasteiger partial charge is 0.234 e. The number of carbonyl (C=O) groups excluding carboxylic acids is 1. The highest BCUT2D eigenvalue weighted by molar-refractivity contribution is 5.79. The average Bonchev–Trinajstić information content (AvgIpc) is 2.42. The molecule has 1 unspecified atom stereocenters. The summed E-state index contributed by atoms with van der Waals surface area (Å²) in [7, 11) is 0. The van der Waals surface area contributed by atoms with Crippen LogP contribution in [0, 0.1) is 0 Å². The van der Waals surface area contributed by atoms with Gasteiger partial charge in [-0.2, -0.15) is 0 Å². The molecule has 0 saturated heterocycles. The van der Waals surface area contributed by atoms with Gasteiger partial charge in [0.05, 0.1) is 6.04 Å². The van der Waals surface area contributed by atoms with E-state index in [9.17, 15) is 4.79 Å². The fraction of sp³-hybridized carbons (Fsp3) is 0.533. The Balaban J connectivity index is 2.06. The molecule has 1 atom stereocenters. The van der Waals surface area contributed by atoms with Gasteiger partial charge in [-0.05, 0) is 31.4 Å². The Kier molecular flexibility index (Phi) is 7.86. The van der Waals surface area contributed by atoms with E-state index < -0.39 is 0 Å². The second-order valence-electron chi connectivity index (χ2n) is 4.50. The summed E-state index contributed by atoms with van der Waals surface area (Å²) in [6, 6.07) is 10.1. The molecule has 0 saturated carbocycles. The van der Waals surface area contributed by atoms with Crippen molar-refractivity contribution >= 4 is 5.91 Å². The van der Waals surface area contributed by atoms with Crippen molar-refractivity contribution in [3.8, 4) is 0 Å². The maximum Gasteiger partial charge on any atom is 0.234 e. The van der Waals surface area contributed by atoms with Crippen LogP contribution in [0.2, 0.25) is 0 Å². The third-order valence-corrected chi connectivity index (χ3v) is 2.94. The molecule has 4 nitrogen and oxygen atoms in total. The number of benzene rings is 1. The van der Waals surface area contributed by atoms with E-state index in [1.807, 2.05) is 25.1 Å². The topological polar surface area (TPSA) is 64.3 Å². The Morgan fingerprint density at radius 2 is 2.05 bits per heavy atom. The molecule has 19 heavy (non-hydrogen) atoms. The predicted octanol–water partition coefficient (Wildman–Crippen LogP) is 1.49. The van der Waals surface area contributed by atoms with Crippen molar-refractivity contribution in [3.63, 3.8) is 0 Å². The van der Waals surface area contributed by atoms with Crippen molar-refractivity contribution in [1.82, 2.24) is 5.32 Å². The van der Waals surface area contributed by atoms with Gasteiger partial charge in [-0.3, -0.25) is 4.79 Å². The quantitative estimate of drug-likeness (QED) is 0.629. The third-order valence-electron chi connectivity index (χ3n) is 2.94. The van der Waals surface area contributed by atoms with Crippen LogP contribution in [-0.4, -0.2) is 31.7 Å². The van der Waals surface area contributed by atoms with E-state index in [-0.39, 0.29) is 11.9 Å². The lowest BCUT2D eigenvalue weighted by Crippen LogP contribution is -2.41. The van der Waals surface area contributed by atoms with E-state index in [0.29, 0.717) is 19.6 Å². The SMILES string of the molecule is CCNC(CCOCCCc1ccccc1)C(N)=O. The molecule has 4 heteroatoms. The second-order valence-corrected chi connectivity index (χ2v) is 4.50. The summed E-state index contributed by atoms with van der Waals surface area (Å²) in [6.45, 7) is 3.97. The first-order valence-electron chi connectivity index (χ1n) is 6.88. The molecule has 3 N–H and O–H groups in total. The van der Waals surface area contributed by atoms with Crippen LogP contribution in [0.1, 0.15) is 25.3 Å². The molecule has 1 amide bonds. The molecule has 106 valence electrons. The Morgan fingerprint density at radius 3 is 2.68 bits per heavy atom. The maximum atomic E-state index is 11.1. The van der Waals surface area contributed by atoms with E-state index in [0.717, 1.165) is 19.4 Å². The van der Waals surface area contributed by atoms with E-state index >= 15 is 0 Å². The van der Waals surface area contributed by atoms with Crippen LogP contribution in [0.25, 0.3) is 0 Å². The van der Waals surface area contributed by atoms with Gasteiger partial charge in [0, 0.05) is 13.2 Å². The molecule has 1 aromatic carbocycles. The van der Waals surface area contributed by atoms with Gasteiger partial charge in [0.2, 0.25) is 5.91 Å². The largest absolute Gasteiger partial charge is 0.381 e. The van der Waals surface area contributed by atoms with Gasteiger partial charge in [0.15, 0.2) is 0 Å². The number of carbonyl (C=O) groups is 1. The first-order valence-corrected chi connectivity index (χ1v) is 6.88. The van der Waals surface area contributed by atoms with Crippen molar-refractivity contribution in [1.29, 1.82) is 0 Å². The molecule has 1 rings (SSSR count). The number of aryl methyl sites for hydroxylation is 1. The third kappa shape index (κ3) is 6.94. The molecular formula is C15H24N2O2. The van der Waals surface area contributed by atoms with Gasteiger partial charge in [-0.1, -0.05) is 37.3 Å². The number of nitrogens with one attached hydrogen (secondary N) is 1. The normalized spacial score (nSPS) is 12.3. The summed E-state index contributed by atoms with van der Waals surface area (Å²) >= 11 is 0. The highest BCUT2D eigenvalue weighted by Gasteiger charge is 2.12. The lowest BCUT2D eigenvalue weighted by atomic mass is 10.1. The van der Waals surface area contributed by atoms with E-state index in [1.54, 1.807) is 0 Å². The van der Waals surface area contributed by atoms with Crippen LogP contribution in [0.15, 0.2) is 30.3 Å². The van der Waals surface area contributed by atoms with Crippen LogP contribution in [-0.2, 0) is 16.0 Å². The molecule has 0 aliphatic heterocycles. The molecule has 0 radical (unpaired) electrons. The van der Waals surface area contributed by atoms with Crippen LogP contribution < -0.4 is 11.1 Å². The van der Waals surface area contributed by atoms with Crippen molar-refractivity contribution in [2.45, 2.75) is 32.2 Å². The number of likely N-dealkylation sites (N-methyl/N-ethyl adjacent to an activating group) is 1. The van der Waals surface area contributed by atoms with Gasteiger partial charge in [0.1, 0.15) is 0 Å². The van der Waals surface area contributed by atoms with Gasteiger partial charge >= 0.3 is 0 Å². The zero-order valence-electron chi connectivity index (χ0n) is 11.6. The molecule has 0 aliphatic rings. The first kappa shape index (κ1) is 15.7. The molecular weight excluding hydrogens is 240 g/mol. The van der Waals surface area contributed by atoms with Crippen LogP contribution >= 0.6 is 0 Å². The molecule has 1 aromatic rings. The molecule has 0 aromatic heterocycles. The van der Waals surface area contributed by atoms with Crippen LogP contribution in [0.5, 0.6) is 0 Å². The fourth-order valence-corrected chi connectivity index (χ4v) is 1.92. The number of rotatable bonds is 10. The standard InChI is InChI=1S/C15H24N2O2/c1-2-17-14(15(16)18)10-12-19-11-6-9-13-7-4-3-5-8-13/h3-5,7-8,14,17H,2,6,9-12H2,1H3,(H2,16,18). The molecule has 0 fully saturated rings. The number of hydrogen-bond acceptors (Lipinski definition) is 3. The van der Waals surface area contributed by atoms with Gasteiger partial charge in [-0.15, -0.1) is 0 Å². The van der Waals surface area contributed by atoms with E-state index in [2.05, 4.69) is 17.4 Å². The molecule has 0 aliphatic carbocycles. The summed E-state index contributed by atoms with van der Waals surface area (Å²) in [5.41, 5.74) is 6.61. The van der Waals surface area contributed by atoms with E-state index in [1.165, 1.54) is 5.56 Å². The Labute approximate surface area is 115 Å². The van der Waals surface area contributed by atoms with Gasteiger partial charge in [0.25, 0.3) is 0 Å². The summed E-state index contributed by atoms with van der Waals surface area (Å²) in [5, 5.41) is 3.04. The van der Waals surface area contributed by atoms with Crippen molar-refractivity contribution in [2.24, 2.45) is 5.73 Å². The highest BCUT2D eigenvalue weighted by Crippen LogP contribution is 2.02. The first-order chi connectivity index (χ1) is 9.24. The van der Waals surface area contributed by atoms with Gasteiger partial charge in [-0.25, -0.2) is 0 Å². The molecule has 0 bridgehead atoms. The van der Waals surface area contributed by atoms with E-state index in [4.69, 9.17) is 10.5 Å². The van der Waals surface area contributed by atoms with Crippen LogP contribution in [0.3, 0.4) is 0 Å². The summed E-state index contributed by atoms with van der Waals surface area (Å²) < 4.78 is 5.53. The minimum absolute atomic E-state index is 0.279.